The number of hydrogen-bond acceptors (Lipinski definition) is 5. The van der Waals surface area contributed by atoms with Crippen LogP contribution in [0.1, 0.15) is 48.5 Å². The quantitative estimate of drug-likeness (QED) is 0.604. The molecule has 0 bridgehead atoms. The highest BCUT2D eigenvalue weighted by molar-refractivity contribution is 6.09. The second kappa shape index (κ2) is 8.49. The zero-order valence-electron chi connectivity index (χ0n) is 17.7. The van der Waals surface area contributed by atoms with Gasteiger partial charge >= 0.3 is 0 Å². The molecule has 2 N–H and O–H groups in total. The van der Waals surface area contributed by atoms with Gasteiger partial charge in [-0.3, -0.25) is 9.79 Å². The highest BCUT2D eigenvalue weighted by Gasteiger charge is 2.27. The van der Waals surface area contributed by atoms with E-state index in [1.807, 2.05) is 12.1 Å². The average Bonchev–Trinajstić information content (AvgIpc) is 3.56. The number of pyridine rings is 1. The van der Waals surface area contributed by atoms with Crippen molar-refractivity contribution in [2.75, 3.05) is 31.6 Å². The zero-order valence-corrected chi connectivity index (χ0v) is 17.7. The summed E-state index contributed by atoms with van der Waals surface area (Å²) in [4.78, 5) is 24.2. The minimum absolute atomic E-state index is 0.145. The Labute approximate surface area is 172 Å². The normalized spacial score (nSPS) is 18.3. The summed E-state index contributed by atoms with van der Waals surface area (Å²) in [5.74, 6) is 2.14. The summed E-state index contributed by atoms with van der Waals surface area (Å²) in [5.41, 5.74) is 2.71. The van der Waals surface area contributed by atoms with Gasteiger partial charge in [0.05, 0.1) is 16.9 Å². The van der Waals surface area contributed by atoms with Crippen molar-refractivity contribution in [3.8, 4) is 0 Å². The Hall–Kier alpha value is -2.47. The van der Waals surface area contributed by atoms with E-state index in [-0.39, 0.29) is 5.91 Å². The van der Waals surface area contributed by atoms with Crippen molar-refractivity contribution >= 4 is 28.5 Å². The molecule has 2 heterocycles. The first kappa shape index (κ1) is 19.8. The highest BCUT2D eigenvalue weighted by atomic mass is 16.1. The van der Waals surface area contributed by atoms with Crippen LogP contribution in [-0.4, -0.2) is 49.5 Å². The number of aliphatic imine (C=N–C) groups is 1. The minimum Gasteiger partial charge on any atom is -0.356 e. The molecule has 2 aromatic rings. The van der Waals surface area contributed by atoms with E-state index in [4.69, 9.17) is 4.98 Å². The number of anilines is 1. The summed E-state index contributed by atoms with van der Waals surface area (Å²) in [6.45, 7) is 6.83. The molecule has 29 heavy (non-hydrogen) atoms. The van der Waals surface area contributed by atoms with Crippen molar-refractivity contribution in [2.24, 2.45) is 10.9 Å². The molecule has 4 rings (SSSR count). The van der Waals surface area contributed by atoms with E-state index in [9.17, 15) is 4.79 Å². The van der Waals surface area contributed by atoms with Crippen molar-refractivity contribution in [1.29, 1.82) is 0 Å². The van der Waals surface area contributed by atoms with Gasteiger partial charge in [-0.25, -0.2) is 4.98 Å². The maximum absolute atomic E-state index is 13.0. The SMILES string of the molecule is CN=C(C)NC(=O)c1cc2cc(C)ccc2nc1N1CCC(NCC2CC2)CC1. The van der Waals surface area contributed by atoms with Gasteiger partial charge < -0.3 is 15.5 Å². The molecule has 1 aromatic carbocycles. The number of nitrogens with one attached hydrogen (secondary N) is 2. The Morgan fingerprint density at radius 2 is 1.97 bits per heavy atom. The summed E-state index contributed by atoms with van der Waals surface area (Å²) in [7, 11) is 1.68. The Morgan fingerprint density at radius 3 is 2.66 bits per heavy atom. The first-order chi connectivity index (χ1) is 14.0. The second-order valence-corrected chi connectivity index (χ2v) is 8.43. The summed E-state index contributed by atoms with van der Waals surface area (Å²) in [6, 6.07) is 8.74. The van der Waals surface area contributed by atoms with Gasteiger partial charge in [-0.1, -0.05) is 11.6 Å². The Kier molecular flexibility index (Phi) is 5.81. The molecule has 0 atom stereocenters. The number of piperidine rings is 1. The fraction of sp³-hybridized carbons (Fsp3) is 0.522. The fourth-order valence-corrected chi connectivity index (χ4v) is 3.93. The molecular weight excluding hydrogens is 362 g/mol. The van der Waals surface area contributed by atoms with Gasteiger partial charge in [0, 0.05) is 31.6 Å². The van der Waals surface area contributed by atoms with E-state index in [0.29, 0.717) is 17.4 Å². The van der Waals surface area contributed by atoms with E-state index in [1.165, 1.54) is 12.8 Å². The van der Waals surface area contributed by atoms with E-state index in [1.54, 1.807) is 14.0 Å². The number of carbonyl (C=O) groups is 1. The van der Waals surface area contributed by atoms with Crippen LogP contribution in [0.2, 0.25) is 0 Å². The van der Waals surface area contributed by atoms with Gasteiger partial charge in [0.25, 0.3) is 5.91 Å². The smallest absolute Gasteiger partial charge is 0.260 e. The number of aromatic nitrogens is 1. The van der Waals surface area contributed by atoms with E-state index in [2.05, 4.69) is 39.6 Å². The number of hydrogen-bond donors (Lipinski definition) is 2. The summed E-state index contributed by atoms with van der Waals surface area (Å²) in [6.07, 6.45) is 4.92. The molecule has 1 saturated heterocycles. The van der Waals surface area contributed by atoms with Gasteiger partial charge in [0.15, 0.2) is 0 Å². The van der Waals surface area contributed by atoms with Crippen LogP contribution in [0.3, 0.4) is 0 Å². The monoisotopic (exact) mass is 393 g/mol. The number of fused-ring (bicyclic) bond motifs is 1. The van der Waals surface area contributed by atoms with Crippen molar-refractivity contribution in [1.82, 2.24) is 15.6 Å². The van der Waals surface area contributed by atoms with E-state index in [0.717, 1.165) is 60.7 Å². The molecule has 1 amide bonds. The van der Waals surface area contributed by atoms with Crippen LogP contribution < -0.4 is 15.5 Å². The molecule has 1 saturated carbocycles. The zero-order chi connectivity index (χ0) is 20.4. The van der Waals surface area contributed by atoms with Crippen LogP contribution in [-0.2, 0) is 0 Å². The van der Waals surface area contributed by atoms with E-state index < -0.39 is 0 Å². The van der Waals surface area contributed by atoms with Crippen molar-refractivity contribution < 1.29 is 4.79 Å². The lowest BCUT2D eigenvalue weighted by Crippen LogP contribution is -2.44. The number of aryl methyl sites for hydroxylation is 1. The highest BCUT2D eigenvalue weighted by Crippen LogP contribution is 2.29. The van der Waals surface area contributed by atoms with E-state index >= 15 is 0 Å². The molecule has 1 aromatic heterocycles. The number of carbonyl (C=O) groups excluding carboxylic acids is 1. The molecule has 1 aliphatic carbocycles. The lowest BCUT2D eigenvalue weighted by Gasteiger charge is -2.34. The number of amides is 1. The third kappa shape index (κ3) is 4.75. The van der Waals surface area contributed by atoms with Crippen molar-refractivity contribution in [2.45, 2.75) is 45.6 Å². The maximum atomic E-state index is 13.0. The number of amidine groups is 1. The molecule has 0 unspecified atom stereocenters. The Balaban J connectivity index is 1.58. The number of nitrogens with zero attached hydrogens (tertiary/aromatic N) is 3. The van der Waals surface area contributed by atoms with Crippen LogP contribution in [0.25, 0.3) is 10.9 Å². The van der Waals surface area contributed by atoms with Crippen molar-refractivity contribution in [3.05, 3.63) is 35.4 Å². The molecular formula is C23H31N5O. The van der Waals surface area contributed by atoms with Crippen molar-refractivity contribution in [3.63, 3.8) is 0 Å². The molecule has 2 aliphatic rings. The first-order valence-electron chi connectivity index (χ1n) is 10.7. The average molecular weight is 394 g/mol. The largest absolute Gasteiger partial charge is 0.356 e. The summed E-state index contributed by atoms with van der Waals surface area (Å²) in [5, 5.41) is 7.60. The van der Waals surface area contributed by atoms with Crippen LogP contribution in [0.4, 0.5) is 5.82 Å². The molecule has 6 heteroatoms. The predicted molar refractivity (Wildman–Crippen MR) is 119 cm³/mol. The van der Waals surface area contributed by atoms with Gasteiger partial charge in [-0.15, -0.1) is 0 Å². The third-order valence-electron chi connectivity index (χ3n) is 6.01. The van der Waals surface area contributed by atoms with Crippen LogP contribution in [0.15, 0.2) is 29.3 Å². The van der Waals surface area contributed by atoms with Crippen LogP contribution in [0, 0.1) is 12.8 Å². The number of rotatable bonds is 5. The molecule has 6 nitrogen and oxygen atoms in total. The summed E-state index contributed by atoms with van der Waals surface area (Å²) >= 11 is 0. The first-order valence-corrected chi connectivity index (χ1v) is 10.7. The lowest BCUT2D eigenvalue weighted by atomic mass is 10.0. The second-order valence-electron chi connectivity index (χ2n) is 8.43. The molecule has 0 radical (unpaired) electrons. The van der Waals surface area contributed by atoms with Gasteiger partial charge in [0.2, 0.25) is 0 Å². The van der Waals surface area contributed by atoms with Crippen LogP contribution in [0.5, 0.6) is 0 Å². The summed E-state index contributed by atoms with van der Waals surface area (Å²) < 4.78 is 0. The molecule has 0 spiro atoms. The molecule has 2 fully saturated rings. The van der Waals surface area contributed by atoms with Crippen LogP contribution >= 0.6 is 0 Å². The topological polar surface area (TPSA) is 69.6 Å². The third-order valence-corrected chi connectivity index (χ3v) is 6.01. The maximum Gasteiger partial charge on any atom is 0.260 e. The molecule has 154 valence electrons. The van der Waals surface area contributed by atoms with Gasteiger partial charge in [-0.2, -0.15) is 0 Å². The number of benzene rings is 1. The Morgan fingerprint density at radius 1 is 1.21 bits per heavy atom. The van der Waals surface area contributed by atoms with Gasteiger partial charge in [0.1, 0.15) is 5.82 Å². The fourth-order valence-electron chi connectivity index (χ4n) is 3.93. The lowest BCUT2D eigenvalue weighted by molar-refractivity contribution is 0.0977. The minimum atomic E-state index is -0.145. The predicted octanol–water partition coefficient (Wildman–Crippen LogP) is 3.29. The van der Waals surface area contributed by atoms with Gasteiger partial charge in [-0.05, 0) is 70.2 Å². The Bertz CT molecular complexity index is 926. The standard InChI is InChI=1S/C23H31N5O/c1-15-4-7-21-18(12-15)13-20(23(29)26-16(2)24-3)22(27-21)28-10-8-19(9-11-28)25-14-17-5-6-17/h4,7,12-13,17,19,25H,5-6,8-11,14H2,1-3H3,(H,24,26,29). The molecule has 1 aliphatic heterocycles.